The highest BCUT2D eigenvalue weighted by Crippen LogP contribution is 2.23. The molecule has 0 spiro atoms. The van der Waals surface area contributed by atoms with Crippen molar-refractivity contribution in [2.75, 3.05) is 12.3 Å². The number of benzene rings is 1. The Labute approximate surface area is 157 Å². The minimum absolute atomic E-state index is 0.0416. The molecular weight excluding hydrogens is 352 g/mol. The van der Waals surface area contributed by atoms with Gasteiger partial charge in [0.15, 0.2) is 0 Å². The van der Waals surface area contributed by atoms with Crippen LogP contribution in [0.25, 0.3) is 0 Å². The van der Waals surface area contributed by atoms with Crippen LogP contribution in [-0.2, 0) is 21.4 Å². The van der Waals surface area contributed by atoms with E-state index in [0.29, 0.717) is 25.9 Å². The highest BCUT2D eigenvalue weighted by atomic mass is 32.2. The molecule has 0 aromatic heterocycles. The second-order valence-corrected chi connectivity index (χ2v) is 8.97. The van der Waals surface area contributed by atoms with Crippen molar-refractivity contribution in [3.05, 3.63) is 29.8 Å². The molecule has 0 saturated carbocycles. The summed E-state index contributed by atoms with van der Waals surface area (Å²) in [6.45, 7) is 6.48. The van der Waals surface area contributed by atoms with Crippen molar-refractivity contribution in [1.29, 1.82) is 0 Å². The first-order chi connectivity index (χ1) is 12.3. The molecule has 1 amide bonds. The minimum atomic E-state index is -3.39. The fraction of sp³-hybridized carbons (Fsp3) is 0.632. The molecule has 1 N–H and O–H groups in total. The molecule has 6 nitrogen and oxygen atoms in total. The Morgan fingerprint density at radius 1 is 1.31 bits per heavy atom. The standard InChI is InChI=1S/C19H30N2O4S/c1-4-13-26(23,24)21-12-8-7-10-17(21)19(22)20-14-16-9-5-6-11-18(16)25-15(2)3/h5-6,9,11,15,17H,4,7-8,10,12-14H2,1-3H3,(H,20,22). The van der Waals surface area contributed by atoms with E-state index >= 15 is 0 Å². The van der Waals surface area contributed by atoms with Crippen molar-refractivity contribution < 1.29 is 17.9 Å². The first-order valence-corrected chi connectivity index (χ1v) is 11.0. The van der Waals surface area contributed by atoms with E-state index in [-0.39, 0.29) is 17.8 Å². The number of carbonyl (C=O) groups excluding carboxylic acids is 1. The van der Waals surface area contributed by atoms with Crippen molar-refractivity contribution in [3.8, 4) is 5.75 Å². The molecule has 0 bridgehead atoms. The van der Waals surface area contributed by atoms with Crippen molar-refractivity contribution in [2.24, 2.45) is 0 Å². The van der Waals surface area contributed by atoms with Gasteiger partial charge in [-0.25, -0.2) is 8.42 Å². The van der Waals surface area contributed by atoms with E-state index in [2.05, 4.69) is 5.32 Å². The molecule has 0 aliphatic carbocycles. The molecule has 1 aliphatic heterocycles. The van der Waals surface area contributed by atoms with Crippen LogP contribution in [0.4, 0.5) is 0 Å². The minimum Gasteiger partial charge on any atom is -0.491 e. The number of nitrogens with one attached hydrogen (secondary N) is 1. The smallest absolute Gasteiger partial charge is 0.238 e. The maximum atomic E-state index is 12.7. The largest absolute Gasteiger partial charge is 0.491 e. The van der Waals surface area contributed by atoms with Crippen LogP contribution < -0.4 is 10.1 Å². The second-order valence-electron chi connectivity index (χ2n) is 6.93. The van der Waals surface area contributed by atoms with Gasteiger partial charge in [-0.05, 0) is 39.2 Å². The number of ether oxygens (including phenoxy) is 1. The lowest BCUT2D eigenvalue weighted by molar-refractivity contribution is -0.125. The number of amides is 1. The van der Waals surface area contributed by atoms with Gasteiger partial charge < -0.3 is 10.1 Å². The second kappa shape index (κ2) is 9.37. The molecule has 2 rings (SSSR count). The molecule has 146 valence electrons. The van der Waals surface area contributed by atoms with Crippen LogP contribution in [0.3, 0.4) is 0 Å². The molecule has 7 heteroatoms. The average molecular weight is 383 g/mol. The normalized spacial score (nSPS) is 18.7. The van der Waals surface area contributed by atoms with Gasteiger partial charge in [0.25, 0.3) is 0 Å². The summed E-state index contributed by atoms with van der Waals surface area (Å²) >= 11 is 0. The molecule has 1 saturated heterocycles. The summed E-state index contributed by atoms with van der Waals surface area (Å²) in [5.74, 6) is 0.590. The zero-order chi connectivity index (χ0) is 19.2. The predicted molar refractivity (Wildman–Crippen MR) is 102 cm³/mol. The van der Waals surface area contributed by atoms with Gasteiger partial charge in [0.05, 0.1) is 11.9 Å². The maximum Gasteiger partial charge on any atom is 0.238 e. The third-order valence-electron chi connectivity index (χ3n) is 4.36. The van der Waals surface area contributed by atoms with Gasteiger partial charge >= 0.3 is 0 Å². The van der Waals surface area contributed by atoms with E-state index < -0.39 is 16.1 Å². The zero-order valence-corrected chi connectivity index (χ0v) is 16.7. The molecule has 1 aromatic rings. The number of hydrogen-bond donors (Lipinski definition) is 1. The van der Waals surface area contributed by atoms with Gasteiger partial charge in [-0.15, -0.1) is 0 Å². The molecule has 1 aromatic carbocycles. The summed E-state index contributed by atoms with van der Waals surface area (Å²) in [6.07, 6.45) is 2.83. The molecule has 1 fully saturated rings. The Kier molecular flexibility index (Phi) is 7.46. The number of hydrogen-bond acceptors (Lipinski definition) is 4. The third-order valence-corrected chi connectivity index (χ3v) is 6.44. The van der Waals surface area contributed by atoms with Crippen LogP contribution in [-0.4, -0.2) is 43.1 Å². The van der Waals surface area contributed by atoms with Crippen LogP contribution in [0.5, 0.6) is 5.75 Å². The van der Waals surface area contributed by atoms with Crippen molar-refractivity contribution >= 4 is 15.9 Å². The fourth-order valence-corrected chi connectivity index (χ4v) is 4.94. The first kappa shape index (κ1) is 20.7. The third kappa shape index (κ3) is 5.45. The lowest BCUT2D eigenvalue weighted by atomic mass is 10.0. The molecule has 1 atom stereocenters. The van der Waals surface area contributed by atoms with E-state index in [1.807, 2.05) is 45.0 Å². The van der Waals surface area contributed by atoms with Crippen molar-refractivity contribution in [2.45, 2.75) is 65.1 Å². The van der Waals surface area contributed by atoms with E-state index in [0.717, 1.165) is 24.2 Å². The van der Waals surface area contributed by atoms with E-state index in [4.69, 9.17) is 4.74 Å². The van der Waals surface area contributed by atoms with Crippen LogP contribution in [0.2, 0.25) is 0 Å². The molecule has 26 heavy (non-hydrogen) atoms. The quantitative estimate of drug-likeness (QED) is 0.750. The Morgan fingerprint density at radius 2 is 2.04 bits per heavy atom. The Balaban J connectivity index is 2.07. The molecule has 1 heterocycles. The number of carbonyl (C=O) groups is 1. The predicted octanol–water partition coefficient (Wildman–Crippen LogP) is 2.68. The summed E-state index contributed by atoms with van der Waals surface area (Å²) in [5.41, 5.74) is 0.883. The molecule has 1 unspecified atom stereocenters. The highest BCUT2D eigenvalue weighted by Gasteiger charge is 2.36. The van der Waals surface area contributed by atoms with Gasteiger partial charge in [-0.3, -0.25) is 4.79 Å². The molecular formula is C19H30N2O4S. The van der Waals surface area contributed by atoms with E-state index in [1.165, 1.54) is 4.31 Å². The summed E-state index contributed by atoms with van der Waals surface area (Å²) in [6, 6.07) is 6.96. The zero-order valence-electron chi connectivity index (χ0n) is 15.9. The fourth-order valence-electron chi connectivity index (χ4n) is 3.19. The monoisotopic (exact) mass is 382 g/mol. The average Bonchev–Trinajstić information content (AvgIpc) is 2.60. The van der Waals surface area contributed by atoms with Gasteiger partial charge in [0.1, 0.15) is 11.8 Å². The van der Waals surface area contributed by atoms with E-state index in [9.17, 15) is 13.2 Å². The maximum absolute atomic E-state index is 12.7. The SMILES string of the molecule is CCCS(=O)(=O)N1CCCCC1C(=O)NCc1ccccc1OC(C)C. The van der Waals surface area contributed by atoms with Crippen LogP contribution >= 0.6 is 0 Å². The number of para-hydroxylation sites is 1. The van der Waals surface area contributed by atoms with Crippen molar-refractivity contribution in [1.82, 2.24) is 9.62 Å². The van der Waals surface area contributed by atoms with Crippen LogP contribution in [0, 0.1) is 0 Å². The van der Waals surface area contributed by atoms with Gasteiger partial charge in [-0.1, -0.05) is 31.5 Å². The molecule has 1 aliphatic rings. The molecule has 0 radical (unpaired) electrons. The van der Waals surface area contributed by atoms with Crippen LogP contribution in [0.1, 0.15) is 52.0 Å². The number of nitrogens with zero attached hydrogens (tertiary/aromatic N) is 1. The Bertz CT molecular complexity index is 703. The first-order valence-electron chi connectivity index (χ1n) is 9.37. The lowest BCUT2D eigenvalue weighted by Gasteiger charge is -2.33. The number of rotatable bonds is 8. The lowest BCUT2D eigenvalue weighted by Crippen LogP contribution is -2.52. The summed E-state index contributed by atoms with van der Waals surface area (Å²) in [7, 11) is -3.39. The topological polar surface area (TPSA) is 75.7 Å². The van der Waals surface area contributed by atoms with Gasteiger partial charge in [-0.2, -0.15) is 4.31 Å². The van der Waals surface area contributed by atoms with Crippen molar-refractivity contribution in [3.63, 3.8) is 0 Å². The van der Waals surface area contributed by atoms with Crippen LogP contribution in [0.15, 0.2) is 24.3 Å². The van der Waals surface area contributed by atoms with Gasteiger partial charge in [0, 0.05) is 18.7 Å². The Morgan fingerprint density at radius 3 is 2.73 bits per heavy atom. The van der Waals surface area contributed by atoms with Gasteiger partial charge in [0.2, 0.25) is 15.9 Å². The number of piperidine rings is 1. The highest BCUT2D eigenvalue weighted by molar-refractivity contribution is 7.89. The van der Waals surface area contributed by atoms with E-state index in [1.54, 1.807) is 0 Å². The number of sulfonamides is 1. The Hall–Kier alpha value is -1.60. The summed E-state index contributed by atoms with van der Waals surface area (Å²) < 4.78 is 32.1. The summed E-state index contributed by atoms with van der Waals surface area (Å²) in [5, 5.41) is 2.90. The summed E-state index contributed by atoms with van der Waals surface area (Å²) in [4.78, 5) is 12.7.